The van der Waals surface area contributed by atoms with Crippen molar-refractivity contribution in [2.24, 2.45) is 0 Å². The van der Waals surface area contributed by atoms with Gasteiger partial charge < -0.3 is 15.5 Å². The molecular formula is C15H19NO5. The third-order valence-electron chi connectivity index (χ3n) is 2.97. The van der Waals surface area contributed by atoms with E-state index in [2.05, 4.69) is 12.2 Å². The molecule has 1 rings (SSSR count). The van der Waals surface area contributed by atoms with Gasteiger partial charge in [-0.05, 0) is 24.6 Å². The molecule has 0 aliphatic rings. The average Bonchev–Trinajstić information content (AvgIpc) is 2.43. The van der Waals surface area contributed by atoms with Gasteiger partial charge in [0, 0.05) is 12.1 Å². The van der Waals surface area contributed by atoms with Crippen LogP contribution in [-0.4, -0.2) is 28.1 Å². The lowest BCUT2D eigenvalue weighted by atomic mass is 10.1. The van der Waals surface area contributed by atoms with Gasteiger partial charge in [0.05, 0.1) is 11.1 Å². The van der Waals surface area contributed by atoms with Crippen molar-refractivity contribution >= 4 is 23.5 Å². The predicted molar refractivity (Wildman–Crippen MR) is 77.7 cm³/mol. The van der Waals surface area contributed by atoms with Crippen molar-refractivity contribution in [3.63, 3.8) is 0 Å². The van der Waals surface area contributed by atoms with Crippen LogP contribution in [0.2, 0.25) is 0 Å². The van der Waals surface area contributed by atoms with Crippen molar-refractivity contribution in [1.29, 1.82) is 0 Å². The molecule has 0 saturated heterocycles. The molecule has 1 aromatic carbocycles. The maximum Gasteiger partial charge on any atom is 0.335 e. The van der Waals surface area contributed by atoms with Crippen LogP contribution in [0, 0.1) is 0 Å². The zero-order valence-electron chi connectivity index (χ0n) is 11.9. The molecule has 0 aliphatic heterocycles. The fourth-order valence-electron chi connectivity index (χ4n) is 1.88. The number of carbonyl (C=O) groups is 3. The molecule has 21 heavy (non-hydrogen) atoms. The van der Waals surface area contributed by atoms with Gasteiger partial charge in [0.1, 0.15) is 0 Å². The molecule has 0 aliphatic carbocycles. The quantitative estimate of drug-likeness (QED) is 0.639. The van der Waals surface area contributed by atoms with Crippen LogP contribution in [0.5, 0.6) is 0 Å². The number of benzene rings is 1. The molecule has 0 saturated carbocycles. The van der Waals surface area contributed by atoms with Gasteiger partial charge in [0.15, 0.2) is 0 Å². The minimum absolute atomic E-state index is 0.170. The summed E-state index contributed by atoms with van der Waals surface area (Å²) in [5.74, 6) is -2.72. The molecular weight excluding hydrogens is 274 g/mol. The number of carboxylic acids is 2. The number of hydrogen-bond acceptors (Lipinski definition) is 3. The van der Waals surface area contributed by atoms with Crippen LogP contribution in [0.1, 0.15) is 59.7 Å². The van der Waals surface area contributed by atoms with Gasteiger partial charge in [0.25, 0.3) is 0 Å². The van der Waals surface area contributed by atoms with E-state index in [9.17, 15) is 14.4 Å². The Morgan fingerprint density at radius 1 is 0.952 bits per heavy atom. The lowest BCUT2D eigenvalue weighted by Gasteiger charge is -2.07. The third kappa shape index (κ3) is 5.64. The summed E-state index contributed by atoms with van der Waals surface area (Å²) in [5.41, 5.74) is -0.153. The topological polar surface area (TPSA) is 104 Å². The summed E-state index contributed by atoms with van der Waals surface area (Å²) in [6.45, 7) is 2.07. The average molecular weight is 293 g/mol. The van der Waals surface area contributed by atoms with E-state index in [4.69, 9.17) is 10.2 Å². The minimum atomic E-state index is -1.24. The summed E-state index contributed by atoms with van der Waals surface area (Å²) in [6.07, 6.45) is 4.18. The molecule has 0 bridgehead atoms. The van der Waals surface area contributed by atoms with Crippen LogP contribution in [-0.2, 0) is 4.79 Å². The summed E-state index contributed by atoms with van der Waals surface area (Å²) < 4.78 is 0. The lowest BCUT2D eigenvalue weighted by Crippen LogP contribution is -2.13. The summed E-state index contributed by atoms with van der Waals surface area (Å²) >= 11 is 0. The van der Waals surface area contributed by atoms with Gasteiger partial charge in [0.2, 0.25) is 5.91 Å². The number of hydrogen-bond donors (Lipinski definition) is 3. The minimum Gasteiger partial charge on any atom is -0.478 e. The summed E-state index contributed by atoms with van der Waals surface area (Å²) in [7, 11) is 0. The predicted octanol–water partition coefficient (Wildman–Crippen LogP) is 2.99. The van der Waals surface area contributed by atoms with Gasteiger partial charge >= 0.3 is 11.9 Å². The van der Waals surface area contributed by atoms with Gasteiger partial charge in [-0.3, -0.25) is 4.79 Å². The molecule has 6 nitrogen and oxygen atoms in total. The van der Waals surface area contributed by atoms with E-state index >= 15 is 0 Å². The highest BCUT2D eigenvalue weighted by Gasteiger charge is 2.12. The third-order valence-corrected chi connectivity index (χ3v) is 2.97. The summed E-state index contributed by atoms with van der Waals surface area (Å²) in [6, 6.07) is 3.55. The molecule has 1 aromatic rings. The number of anilines is 1. The standard InChI is InChI=1S/C15H19NO5/c1-2-3-4-5-6-13(17)16-12-8-10(14(18)19)7-11(9-12)15(20)21/h7-9H,2-6H2,1H3,(H,16,17)(H,18,19)(H,20,21). The Labute approximate surface area is 122 Å². The second-order valence-electron chi connectivity index (χ2n) is 4.77. The molecule has 0 spiro atoms. The van der Waals surface area contributed by atoms with E-state index in [0.717, 1.165) is 31.7 Å². The molecule has 0 aromatic heterocycles. The first-order chi connectivity index (χ1) is 9.93. The Morgan fingerprint density at radius 3 is 2.00 bits per heavy atom. The molecule has 114 valence electrons. The summed E-state index contributed by atoms with van der Waals surface area (Å²) in [4.78, 5) is 33.6. The molecule has 0 radical (unpaired) electrons. The van der Waals surface area contributed by atoms with Crippen LogP contribution in [0.3, 0.4) is 0 Å². The van der Waals surface area contributed by atoms with Gasteiger partial charge in [-0.15, -0.1) is 0 Å². The fraction of sp³-hybridized carbons (Fsp3) is 0.400. The van der Waals surface area contributed by atoms with Crippen LogP contribution in [0.4, 0.5) is 5.69 Å². The molecule has 1 amide bonds. The van der Waals surface area contributed by atoms with Gasteiger partial charge in [-0.25, -0.2) is 9.59 Å². The van der Waals surface area contributed by atoms with Crippen LogP contribution in [0.15, 0.2) is 18.2 Å². The maximum atomic E-state index is 11.7. The van der Waals surface area contributed by atoms with Crippen molar-refractivity contribution in [3.8, 4) is 0 Å². The first-order valence-corrected chi connectivity index (χ1v) is 6.85. The van der Waals surface area contributed by atoms with Crippen LogP contribution < -0.4 is 5.32 Å². The largest absolute Gasteiger partial charge is 0.478 e. The van der Waals surface area contributed by atoms with Gasteiger partial charge in [-0.1, -0.05) is 26.2 Å². The van der Waals surface area contributed by atoms with E-state index in [1.807, 2.05) is 0 Å². The number of unbranched alkanes of at least 4 members (excludes halogenated alkanes) is 3. The Hall–Kier alpha value is -2.37. The zero-order chi connectivity index (χ0) is 15.8. The normalized spacial score (nSPS) is 10.1. The molecule has 0 unspecified atom stereocenters. The number of aromatic carboxylic acids is 2. The Bertz CT molecular complexity index is 507. The monoisotopic (exact) mass is 293 g/mol. The van der Waals surface area contributed by atoms with E-state index in [0.29, 0.717) is 6.42 Å². The van der Waals surface area contributed by atoms with E-state index in [1.165, 1.54) is 12.1 Å². The Morgan fingerprint density at radius 2 is 1.52 bits per heavy atom. The highest BCUT2D eigenvalue weighted by Crippen LogP contribution is 2.16. The lowest BCUT2D eigenvalue weighted by molar-refractivity contribution is -0.116. The molecule has 6 heteroatoms. The number of nitrogens with one attached hydrogen (secondary N) is 1. The maximum absolute atomic E-state index is 11.7. The number of rotatable bonds is 8. The Balaban J connectivity index is 2.75. The van der Waals surface area contributed by atoms with E-state index in [-0.39, 0.29) is 22.7 Å². The summed E-state index contributed by atoms with van der Waals surface area (Å²) in [5, 5.41) is 20.4. The van der Waals surface area contributed by atoms with E-state index < -0.39 is 11.9 Å². The molecule has 0 fully saturated rings. The van der Waals surface area contributed by atoms with Crippen molar-refractivity contribution in [2.45, 2.75) is 39.0 Å². The second-order valence-corrected chi connectivity index (χ2v) is 4.77. The number of carbonyl (C=O) groups excluding carboxylic acids is 1. The van der Waals surface area contributed by atoms with Crippen molar-refractivity contribution in [3.05, 3.63) is 29.3 Å². The molecule has 3 N–H and O–H groups in total. The highest BCUT2D eigenvalue weighted by molar-refractivity contribution is 5.98. The first-order valence-electron chi connectivity index (χ1n) is 6.85. The van der Waals surface area contributed by atoms with Gasteiger partial charge in [-0.2, -0.15) is 0 Å². The van der Waals surface area contributed by atoms with Crippen LogP contribution in [0.25, 0.3) is 0 Å². The zero-order valence-corrected chi connectivity index (χ0v) is 11.9. The fourth-order valence-corrected chi connectivity index (χ4v) is 1.88. The highest BCUT2D eigenvalue weighted by atomic mass is 16.4. The molecule has 0 heterocycles. The van der Waals surface area contributed by atoms with E-state index in [1.54, 1.807) is 0 Å². The second kappa shape index (κ2) is 8.04. The first kappa shape index (κ1) is 16.7. The SMILES string of the molecule is CCCCCCC(=O)Nc1cc(C(=O)O)cc(C(=O)O)c1. The van der Waals surface area contributed by atoms with Crippen LogP contribution >= 0.6 is 0 Å². The molecule has 0 atom stereocenters. The van der Waals surface area contributed by atoms with Crippen molar-refractivity contribution in [1.82, 2.24) is 0 Å². The number of amides is 1. The van der Waals surface area contributed by atoms with Crippen molar-refractivity contribution < 1.29 is 24.6 Å². The Kier molecular flexibility index (Phi) is 6.39. The smallest absolute Gasteiger partial charge is 0.335 e. The van der Waals surface area contributed by atoms with Crippen molar-refractivity contribution in [2.75, 3.05) is 5.32 Å². The number of carboxylic acid groups (broad SMARTS) is 2.